The van der Waals surface area contributed by atoms with E-state index in [0.717, 1.165) is 0 Å². The lowest BCUT2D eigenvalue weighted by molar-refractivity contribution is -0.143. The number of esters is 1. The van der Waals surface area contributed by atoms with Gasteiger partial charge >= 0.3 is 5.97 Å². The fourth-order valence-electron chi connectivity index (χ4n) is 2.98. The fourth-order valence-corrected chi connectivity index (χ4v) is 2.98. The molecule has 1 saturated heterocycles. The van der Waals surface area contributed by atoms with Gasteiger partial charge in [-0.2, -0.15) is 5.26 Å². The molecule has 1 unspecified atom stereocenters. The molecule has 1 aromatic rings. The average molecular weight is 369 g/mol. The molecule has 7 nitrogen and oxygen atoms in total. The minimum absolute atomic E-state index is 0.0130. The second kappa shape index (κ2) is 9.53. The van der Waals surface area contributed by atoms with Crippen molar-refractivity contribution in [3.63, 3.8) is 0 Å². The molecule has 0 aliphatic carbocycles. The lowest BCUT2D eigenvalue weighted by Gasteiger charge is -2.18. The van der Waals surface area contributed by atoms with Crippen LogP contribution >= 0.6 is 0 Å². The summed E-state index contributed by atoms with van der Waals surface area (Å²) in [5, 5.41) is 11.6. The Bertz CT molecular complexity index is 751. The maximum atomic E-state index is 12.6. The minimum atomic E-state index is -0.525. The Morgan fingerprint density at radius 3 is 2.74 bits per heavy atom. The second-order valence-electron chi connectivity index (χ2n) is 6.26. The first-order valence-corrected chi connectivity index (χ1v) is 8.87. The Morgan fingerprint density at radius 1 is 1.44 bits per heavy atom. The summed E-state index contributed by atoms with van der Waals surface area (Å²) in [4.78, 5) is 38.0. The van der Waals surface area contributed by atoms with Crippen LogP contribution in [0.4, 0.5) is 5.69 Å². The van der Waals surface area contributed by atoms with Crippen molar-refractivity contribution in [2.24, 2.45) is 5.92 Å². The normalized spacial score (nSPS) is 17.1. The van der Waals surface area contributed by atoms with Gasteiger partial charge in [0.15, 0.2) is 0 Å². The Morgan fingerprint density at radius 2 is 2.15 bits per heavy atom. The van der Waals surface area contributed by atoms with Gasteiger partial charge in [0.05, 0.1) is 30.7 Å². The summed E-state index contributed by atoms with van der Waals surface area (Å²) >= 11 is 0. The van der Waals surface area contributed by atoms with Crippen molar-refractivity contribution >= 4 is 23.5 Å². The van der Waals surface area contributed by atoms with Crippen LogP contribution < -0.4 is 10.2 Å². The molecule has 0 bridgehead atoms. The SMILES string of the molecule is C=C[C@H](CC(=O)OCC)NC(=O)CC1CCN(c2ccc(C#N)cc2)C1=O. The number of ether oxygens (including phenoxy) is 1. The van der Waals surface area contributed by atoms with Gasteiger partial charge in [-0.05, 0) is 37.6 Å². The van der Waals surface area contributed by atoms with Crippen LogP contribution in [-0.4, -0.2) is 37.0 Å². The highest BCUT2D eigenvalue weighted by atomic mass is 16.5. The number of benzene rings is 1. The lowest BCUT2D eigenvalue weighted by atomic mass is 10.0. The molecule has 7 heteroatoms. The van der Waals surface area contributed by atoms with E-state index in [-0.39, 0.29) is 31.3 Å². The number of carbonyl (C=O) groups excluding carboxylic acids is 3. The number of anilines is 1. The van der Waals surface area contributed by atoms with E-state index in [1.165, 1.54) is 6.08 Å². The number of rotatable bonds is 8. The number of nitrogens with one attached hydrogen (secondary N) is 1. The number of hydrogen-bond acceptors (Lipinski definition) is 5. The van der Waals surface area contributed by atoms with E-state index >= 15 is 0 Å². The van der Waals surface area contributed by atoms with Gasteiger partial charge in [0.1, 0.15) is 0 Å². The molecule has 0 aromatic heterocycles. The van der Waals surface area contributed by atoms with E-state index in [9.17, 15) is 14.4 Å². The molecule has 142 valence electrons. The minimum Gasteiger partial charge on any atom is -0.466 e. The molecule has 1 aliphatic heterocycles. The molecule has 1 heterocycles. The third-order valence-corrected chi connectivity index (χ3v) is 4.38. The number of nitriles is 1. The number of carbonyl (C=O) groups is 3. The predicted molar refractivity (Wildman–Crippen MR) is 99.6 cm³/mol. The third-order valence-electron chi connectivity index (χ3n) is 4.38. The lowest BCUT2D eigenvalue weighted by Crippen LogP contribution is -2.37. The summed E-state index contributed by atoms with van der Waals surface area (Å²) in [6.45, 7) is 6.13. The van der Waals surface area contributed by atoms with Gasteiger partial charge < -0.3 is 15.0 Å². The molecular weight excluding hydrogens is 346 g/mol. The summed E-state index contributed by atoms with van der Waals surface area (Å²) in [6, 6.07) is 8.29. The van der Waals surface area contributed by atoms with Crippen molar-refractivity contribution in [3.8, 4) is 6.07 Å². The topological polar surface area (TPSA) is 99.5 Å². The first kappa shape index (κ1) is 20.2. The van der Waals surface area contributed by atoms with E-state index in [2.05, 4.69) is 11.9 Å². The van der Waals surface area contributed by atoms with Crippen molar-refractivity contribution in [2.45, 2.75) is 32.2 Å². The van der Waals surface area contributed by atoms with Gasteiger partial charge in [-0.25, -0.2) is 0 Å². The molecular formula is C20H23N3O4. The highest BCUT2D eigenvalue weighted by Gasteiger charge is 2.34. The summed E-state index contributed by atoms with van der Waals surface area (Å²) in [5.74, 6) is -1.24. The molecule has 0 spiro atoms. The predicted octanol–water partition coefficient (Wildman–Crippen LogP) is 1.93. The van der Waals surface area contributed by atoms with Crippen molar-refractivity contribution < 1.29 is 19.1 Å². The van der Waals surface area contributed by atoms with Crippen LogP contribution in [0.3, 0.4) is 0 Å². The van der Waals surface area contributed by atoms with Crippen molar-refractivity contribution in [1.82, 2.24) is 5.32 Å². The van der Waals surface area contributed by atoms with E-state index in [1.807, 2.05) is 6.07 Å². The molecule has 1 fully saturated rings. The van der Waals surface area contributed by atoms with Crippen LogP contribution in [-0.2, 0) is 19.1 Å². The zero-order valence-electron chi connectivity index (χ0n) is 15.3. The van der Waals surface area contributed by atoms with Crippen LogP contribution in [0.2, 0.25) is 0 Å². The average Bonchev–Trinajstić information content (AvgIpc) is 3.01. The van der Waals surface area contributed by atoms with Crippen LogP contribution in [0.15, 0.2) is 36.9 Å². The fraction of sp³-hybridized carbons (Fsp3) is 0.400. The van der Waals surface area contributed by atoms with Crippen LogP contribution in [0.25, 0.3) is 0 Å². The largest absolute Gasteiger partial charge is 0.466 e. The molecule has 2 rings (SSSR count). The molecule has 1 aromatic carbocycles. The standard InChI is InChI=1S/C20H23N3O4/c1-3-16(12-19(25)27-4-2)22-18(24)11-15-9-10-23(20(15)26)17-7-5-14(13-21)6-8-17/h3,5-8,15-16H,1,4,9-12H2,2H3,(H,22,24)/t15?,16-/m1/s1. The Labute approximate surface area is 158 Å². The Kier molecular flexibility index (Phi) is 7.12. The second-order valence-corrected chi connectivity index (χ2v) is 6.26. The molecule has 2 amide bonds. The van der Waals surface area contributed by atoms with E-state index in [1.54, 1.807) is 36.1 Å². The zero-order chi connectivity index (χ0) is 19.8. The van der Waals surface area contributed by atoms with Gasteiger partial charge in [-0.1, -0.05) is 6.08 Å². The first-order valence-electron chi connectivity index (χ1n) is 8.87. The van der Waals surface area contributed by atoms with E-state index in [0.29, 0.717) is 24.2 Å². The number of nitrogens with zero attached hydrogens (tertiary/aromatic N) is 2. The monoisotopic (exact) mass is 369 g/mol. The number of hydrogen-bond donors (Lipinski definition) is 1. The molecule has 1 N–H and O–H groups in total. The van der Waals surface area contributed by atoms with E-state index in [4.69, 9.17) is 10.00 Å². The molecule has 27 heavy (non-hydrogen) atoms. The smallest absolute Gasteiger partial charge is 0.308 e. The summed E-state index contributed by atoms with van der Waals surface area (Å²) in [6.07, 6.45) is 2.12. The van der Waals surface area contributed by atoms with Crippen molar-refractivity contribution in [1.29, 1.82) is 5.26 Å². The van der Waals surface area contributed by atoms with E-state index < -0.39 is 17.9 Å². The maximum absolute atomic E-state index is 12.6. The molecule has 2 atom stereocenters. The Hall–Kier alpha value is -3.14. The van der Waals surface area contributed by atoms with Gasteiger partial charge in [0.25, 0.3) is 0 Å². The summed E-state index contributed by atoms with van der Waals surface area (Å²) < 4.78 is 4.87. The van der Waals surface area contributed by atoms with Gasteiger partial charge in [-0.15, -0.1) is 6.58 Å². The van der Waals surface area contributed by atoms with Gasteiger partial charge in [0, 0.05) is 24.6 Å². The molecule has 0 saturated carbocycles. The summed E-state index contributed by atoms with van der Waals surface area (Å²) in [5.41, 5.74) is 1.24. The van der Waals surface area contributed by atoms with Crippen molar-refractivity contribution in [3.05, 3.63) is 42.5 Å². The highest BCUT2D eigenvalue weighted by molar-refractivity contribution is 5.99. The van der Waals surface area contributed by atoms with Gasteiger partial charge in [-0.3, -0.25) is 14.4 Å². The Balaban J connectivity index is 1.90. The van der Waals surface area contributed by atoms with Gasteiger partial charge in [0.2, 0.25) is 11.8 Å². The maximum Gasteiger partial charge on any atom is 0.308 e. The van der Waals surface area contributed by atoms with Crippen LogP contribution in [0.1, 0.15) is 31.7 Å². The van der Waals surface area contributed by atoms with Crippen LogP contribution in [0.5, 0.6) is 0 Å². The van der Waals surface area contributed by atoms with Crippen molar-refractivity contribution in [2.75, 3.05) is 18.1 Å². The molecule has 1 aliphatic rings. The summed E-state index contributed by atoms with van der Waals surface area (Å²) in [7, 11) is 0. The first-order chi connectivity index (χ1) is 13.0. The highest BCUT2D eigenvalue weighted by Crippen LogP contribution is 2.27. The quantitative estimate of drug-likeness (QED) is 0.557. The molecule has 0 radical (unpaired) electrons. The number of amides is 2. The zero-order valence-corrected chi connectivity index (χ0v) is 15.3. The third kappa shape index (κ3) is 5.42. The van der Waals surface area contributed by atoms with Crippen LogP contribution in [0, 0.1) is 17.2 Å².